The predicted octanol–water partition coefficient (Wildman–Crippen LogP) is 7.87. The highest BCUT2D eigenvalue weighted by Gasteiger charge is 2.25. The van der Waals surface area contributed by atoms with Crippen molar-refractivity contribution in [3.05, 3.63) is 108 Å². The van der Waals surface area contributed by atoms with E-state index in [0.29, 0.717) is 0 Å². The summed E-state index contributed by atoms with van der Waals surface area (Å²) in [5.74, 6) is 0. The highest BCUT2D eigenvalue weighted by atomic mass is 14.3. The topological polar surface area (TPSA) is 0 Å². The van der Waals surface area contributed by atoms with Crippen molar-refractivity contribution in [3.8, 4) is 11.1 Å². The molecule has 0 unspecified atom stereocenters. The largest absolute Gasteiger partial charge is 0.0616 e. The first kappa shape index (κ1) is 15.3. The highest BCUT2D eigenvalue weighted by molar-refractivity contribution is 6.18. The Balaban J connectivity index is 1.65. The third-order valence-corrected chi connectivity index (χ3v) is 6.66. The Morgan fingerprint density at radius 3 is 1.83 bits per heavy atom. The van der Waals surface area contributed by atoms with Gasteiger partial charge < -0.3 is 0 Å². The first-order chi connectivity index (χ1) is 14.4. The summed E-state index contributed by atoms with van der Waals surface area (Å²) < 4.78 is 0. The lowest BCUT2D eigenvalue weighted by Crippen LogP contribution is -1.87. The lowest BCUT2D eigenvalue weighted by molar-refractivity contribution is 1.31. The van der Waals surface area contributed by atoms with Gasteiger partial charge in [0, 0.05) is 0 Å². The summed E-state index contributed by atoms with van der Waals surface area (Å²) >= 11 is 0. The van der Waals surface area contributed by atoms with Gasteiger partial charge in [0.15, 0.2) is 0 Å². The molecule has 0 radical (unpaired) electrons. The molecule has 0 bridgehead atoms. The molecule has 0 atom stereocenters. The van der Waals surface area contributed by atoms with E-state index in [0.717, 1.165) is 6.42 Å². The van der Waals surface area contributed by atoms with Gasteiger partial charge >= 0.3 is 0 Å². The first-order valence-electron chi connectivity index (χ1n) is 10.3. The maximum absolute atomic E-state index is 2.39. The molecule has 0 aliphatic heterocycles. The van der Waals surface area contributed by atoms with Crippen molar-refractivity contribution in [3.63, 3.8) is 0 Å². The average molecular weight is 366 g/mol. The Kier molecular flexibility index (Phi) is 2.88. The zero-order chi connectivity index (χ0) is 18.9. The smallest absolute Gasteiger partial charge is 0.0000881 e. The van der Waals surface area contributed by atoms with E-state index in [1.165, 1.54) is 65.3 Å². The molecule has 0 fully saturated rings. The monoisotopic (exact) mass is 366 g/mol. The van der Waals surface area contributed by atoms with Crippen LogP contribution in [0.4, 0.5) is 0 Å². The van der Waals surface area contributed by atoms with E-state index in [1.807, 2.05) is 0 Å². The maximum atomic E-state index is 2.39. The first-order valence-corrected chi connectivity index (χ1v) is 10.3. The van der Waals surface area contributed by atoms with Crippen molar-refractivity contribution in [2.45, 2.75) is 6.42 Å². The normalized spacial score (nSPS) is 12.7. The molecular formula is C29H18. The Morgan fingerprint density at radius 2 is 1.03 bits per heavy atom. The number of hydrogen-bond acceptors (Lipinski definition) is 0. The highest BCUT2D eigenvalue weighted by Crippen LogP contribution is 2.48. The molecule has 0 heteroatoms. The van der Waals surface area contributed by atoms with Crippen molar-refractivity contribution < 1.29 is 0 Å². The van der Waals surface area contributed by atoms with Gasteiger partial charge in [-0.05, 0) is 83.9 Å². The third-order valence-electron chi connectivity index (χ3n) is 6.66. The second kappa shape index (κ2) is 5.46. The molecule has 134 valence electrons. The molecule has 0 saturated carbocycles. The summed E-state index contributed by atoms with van der Waals surface area (Å²) in [6.07, 6.45) is 1.01. The summed E-state index contributed by atoms with van der Waals surface area (Å²) in [6.45, 7) is 0. The second-order valence-corrected chi connectivity index (χ2v) is 8.13. The van der Waals surface area contributed by atoms with Crippen LogP contribution in [-0.2, 0) is 6.42 Å². The van der Waals surface area contributed by atoms with Gasteiger partial charge in [-0.25, -0.2) is 0 Å². The van der Waals surface area contributed by atoms with Crippen molar-refractivity contribution in [1.82, 2.24) is 0 Å². The number of fused-ring (bicyclic) bond motifs is 11. The molecule has 1 aliphatic rings. The van der Waals surface area contributed by atoms with Gasteiger partial charge in [-0.1, -0.05) is 84.9 Å². The minimum atomic E-state index is 1.01. The van der Waals surface area contributed by atoms with Crippen LogP contribution in [0.5, 0.6) is 0 Å². The van der Waals surface area contributed by atoms with Gasteiger partial charge in [-0.2, -0.15) is 0 Å². The lowest BCUT2D eigenvalue weighted by Gasteiger charge is -2.12. The van der Waals surface area contributed by atoms with Gasteiger partial charge in [0.25, 0.3) is 0 Å². The zero-order valence-corrected chi connectivity index (χ0v) is 15.9. The molecule has 0 heterocycles. The van der Waals surface area contributed by atoms with E-state index < -0.39 is 0 Å². The van der Waals surface area contributed by atoms with E-state index in [2.05, 4.69) is 97.1 Å². The molecule has 6 aromatic carbocycles. The molecule has 0 N–H and O–H groups in total. The molecule has 0 saturated heterocycles. The average Bonchev–Trinajstić information content (AvgIpc) is 3.18. The molecule has 0 spiro atoms. The fourth-order valence-corrected chi connectivity index (χ4v) is 5.38. The summed E-state index contributed by atoms with van der Waals surface area (Å²) in [4.78, 5) is 0. The van der Waals surface area contributed by atoms with Crippen molar-refractivity contribution in [2.24, 2.45) is 0 Å². The van der Waals surface area contributed by atoms with Gasteiger partial charge in [0.1, 0.15) is 0 Å². The quantitative estimate of drug-likeness (QED) is 0.189. The zero-order valence-electron chi connectivity index (χ0n) is 15.9. The van der Waals surface area contributed by atoms with Crippen LogP contribution in [0.25, 0.3) is 54.2 Å². The van der Waals surface area contributed by atoms with Crippen molar-refractivity contribution in [1.29, 1.82) is 0 Å². The molecule has 0 amide bonds. The van der Waals surface area contributed by atoms with Gasteiger partial charge in [0.05, 0.1) is 0 Å². The van der Waals surface area contributed by atoms with Crippen LogP contribution >= 0.6 is 0 Å². The minimum Gasteiger partial charge on any atom is -0.0616 e. The predicted molar refractivity (Wildman–Crippen MR) is 125 cm³/mol. The Morgan fingerprint density at radius 1 is 0.414 bits per heavy atom. The van der Waals surface area contributed by atoms with Crippen LogP contribution < -0.4 is 0 Å². The maximum Gasteiger partial charge on any atom is -0.0000881 e. The molecule has 0 aromatic heterocycles. The summed E-state index contributed by atoms with van der Waals surface area (Å²) in [5, 5.41) is 10.9. The molecule has 1 aliphatic carbocycles. The summed E-state index contributed by atoms with van der Waals surface area (Å²) in [7, 11) is 0. The molecule has 29 heavy (non-hydrogen) atoms. The van der Waals surface area contributed by atoms with Gasteiger partial charge in [0.2, 0.25) is 0 Å². The fourth-order valence-electron chi connectivity index (χ4n) is 5.38. The standard InChI is InChI=1S/C29H18/c1-2-8-19-16-26-20(15-18(19)7-1)13-14-25-27(26)17-28-23-11-4-3-9-21(23)22-10-5-6-12-24(22)29(25)28/h1-16H,17H2. The molecular weight excluding hydrogens is 348 g/mol. The van der Waals surface area contributed by atoms with Gasteiger partial charge in [-0.3, -0.25) is 0 Å². The van der Waals surface area contributed by atoms with Gasteiger partial charge in [-0.15, -0.1) is 0 Å². The summed E-state index contributed by atoms with van der Waals surface area (Å²) in [6, 6.07) is 35.8. The number of rotatable bonds is 0. The molecule has 7 rings (SSSR count). The molecule has 0 nitrogen and oxygen atoms in total. The van der Waals surface area contributed by atoms with Crippen LogP contribution in [0, 0.1) is 0 Å². The van der Waals surface area contributed by atoms with E-state index in [-0.39, 0.29) is 0 Å². The van der Waals surface area contributed by atoms with Crippen LogP contribution in [-0.4, -0.2) is 0 Å². The molecule has 6 aromatic rings. The second-order valence-electron chi connectivity index (χ2n) is 8.13. The fraction of sp³-hybridized carbons (Fsp3) is 0.0345. The Bertz CT molecular complexity index is 1620. The van der Waals surface area contributed by atoms with Crippen LogP contribution in [0.15, 0.2) is 97.1 Å². The van der Waals surface area contributed by atoms with Crippen LogP contribution in [0.3, 0.4) is 0 Å². The van der Waals surface area contributed by atoms with Crippen LogP contribution in [0.2, 0.25) is 0 Å². The van der Waals surface area contributed by atoms with E-state index in [4.69, 9.17) is 0 Å². The van der Waals surface area contributed by atoms with Crippen molar-refractivity contribution >= 4 is 43.1 Å². The summed E-state index contributed by atoms with van der Waals surface area (Å²) in [5.41, 5.74) is 5.80. The van der Waals surface area contributed by atoms with E-state index in [1.54, 1.807) is 0 Å². The third kappa shape index (κ3) is 1.98. The minimum absolute atomic E-state index is 1.01. The number of hydrogen-bond donors (Lipinski definition) is 0. The Labute approximate surface area is 169 Å². The van der Waals surface area contributed by atoms with Crippen molar-refractivity contribution in [2.75, 3.05) is 0 Å². The van der Waals surface area contributed by atoms with E-state index in [9.17, 15) is 0 Å². The lowest BCUT2D eigenvalue weighted by atomic mass is 9.91. The Hall–Kier alpha value is -3.64. The van der Waals surface area contributed by atoms with Crippen LogP contribution in [0.1, 0.15) is 11.1 Å². The number of benzene rings is 6. The SMILES string of the molecule is c1ccc2cc3c4c(ccc3cc2c1)-c1c(c2ccccc2c2ccccc12)C4. The van der Waals surface area contributed by atoms with E-state index >= 15 is 0 Å².